The highest BCUT2D eigenvalue weighted by molar-refractivity contribution is 5.94. The third-order valence-corrected chi connectivity index (χ3v) is 6.16. The Kier molecular flexibility index (Phi) is 6.38. The zero-order chi connectivity index (χ0) is 21.8. The first-order valence-electron chi connectivity index (χ1n) is 10.9. The lowest BCUT2D eigenvalue weighted by molar-refractivity contribution is 0.0927. The summed E-state index contributed by atoms with van der Waals surface area (Å²) >= 11 is 0. The van der Waals surface area contributed by atoms with Gasteiger partial charge in [-0.25, -0.2) is 0 Å². The first kappa shape index (κ1) is 21.1. The minimum absolute atomic E-state index is 0.0210. The Labute approximate surface area is 185 Å². The number of carbonyl (C=O) groups excluding carboxylic acids is 1. The van der Waals surface area contributed by atoms with Gasteiger partial charge in [0.15, 0.2) is 0 Å². The number of hydrogen-bond donors (Lipinski definition) is 1. The fraction of sp³-hybridized carbons (Fsp3) is 0.296. The van der Waals surface area contributed by atoms with Crippen LogP contribution in [0, 0.1) is 6.92 Å². The third kappa shape index (κ3) is 4.97. The molecule has 1 N–H and O–H groups in total. The highest BCUT2D eigenvalue weighted by Gasteiger charge is 2.25. The van der Waals surface area contributed by atoms with Crippen LogP contribution in [0.25, 0.3) is 0 Å². The summed E-state index contributed by atoms with van der Waals surface area (Å²) in [5, 5.41) is 3.18. The molecule has 1 atom stereocenters. The number of fused-ring (bicyclic) bond motifs is 1. The SMILES string of the molecule is Cc1ccc(C(=O)NC[C@@H](c2ccc(N(C)C)cc2)N2CCc3ccccc3C2)cc1. The first-order chi connectivity index (χ1) is 15.0. The molecule has 4 rings (SSSR count). The van der Waals surface area contributed by atoms with Crippen molar-refractivity contribution in [1.29, 1.82) is 0 Å². The van der Waals surface area contributed by atoms with Gasteiger partial charge in [-0.05, 0) is 54.3 Å². The predicted octanol–water partition coefficient (Wildman–Crippen LogP) is 4.59. The van der Waals surface area contributed by atoms with Gasteiger partial charge in [0.1, 0.15) is 0 Å². The van der Waals surface area contributed by atoms with Crippen molar-refractivity contribution >= 4 is 11.6 Å². The molecule has 0 aromatic heterocycles. The van der Waals surface area contributed by atoms with Crippen molar-refractivity contribution in [3.63, 3.8) is 0 Å². The molecule has 0 saturated heterocycles. The summed E-state index contributed by atoms with van der Waals surface area (Å²) in [5.41, 5.74) is 7.08. The van der Waals surface area contributed by atoms with E-state index in [-0.39, 0.29) is 11.9 Å². The van der Waals surface area contributed by atoms with Gasteiger partial charge < -0.3 is 10.2 Å². The zero-order valence-electron chi connectivity index (χ0n) is 18.6. The number of benzene rings is 3. The van der Waals surface area contributed by atoms with Crippen LogP contribution in [-0.4, -0.2) is 38.0 Å². The largest absolute Gasteiger partial charge is 0.378 e. The van der Waals surface area contributed by atoms with Crippen LogP contribution < -0.4 is 10.2 Å². The minimum atomic E-state index is -0.0210. The van der Waals surface area contributed by atoms with Crippen molar-refractivity contribution in [1.82, 2.24) is 10.2 Å². The van der Waals surface area contributed by atoms with Crippen LogP contribution in [-0.2, 0) is 13.0 Å². The quantitative estimate of drug-likeness (QED) is 0.642. The van der Waals surface area contributed by atoms with Crippen molar-refractivity contribution in [3.8, 4) is 0 Å². The standard InChI is InChI=1S/C27H31N3O/c1-20-8-10-23(11-9-20)27(31)28-18-26(22-12-14-25(15-13-22)29(2)3)30-17-16-21-6-4-5-7-24(21)19-30/h4-15,26H,16-19H2,1-3H3,(H,28,31)/t26-/m0/s1. The van der Waals surface area contributed by atoms with Crippen LogP contribution in [0.3, 0.4) is 0 Å². The van der Waals surface area contributed by atoms with Gasteiger partial charge in [0.25, 0.3) is 5.91 Å². The Morgan fingerprint density at radius 2 is 1.65 bits per heavy atom. The van der Waals surface area contributed by atoms with E-state index in [4.69, 9.17) is 0 Å². The number of nitrogens with zero attached hydrogens (tertiary/aromatic N) is 2. The van der Waals surface area contributed by atoms with Gasteiger partial charge in [0.2, 0.25) is 0 Å². The van der Waals surface area contributed by atoms with Crippen LogP contribution >= 0.6 is 0 Å². The second kappa shape index (κ2) is 9.36. The molecule has 0 radical (unpaired) electrons. The molecule has 0 aliphatic carbocycles. The molecule has 3 aromatic carbocycles. The van der Waals surface area contributed by atoms with Crippen molar-refractivity contribution in [2.45, 2.75) is 25.9 Å². The molecule has 1 heterocycles. The van der Waals surface area contributed by atoms with Crippen LogP contribution in [0.5, 0.6) is 0 Å². The molecule has 1 amide bonds. The highest BCUT2D eigenvalue weighted by atomic mass is 16.1. The lowest BCUT2D eigenvalue weighted by Crippen LogP contribution is -2.40. The van der Waals surface area contributed by atoms with Gasteiger partial charge in [-0.3, -0.25) is 9.69 Å². The van der Waals surface area contributed by atoms with Crippen LogP contribution in [0.15, 0.2) is 72.8 Å². The topological polar surface area (TPSA) is 35.6 Å². The van der Waals surface area contributed by atoms with Crippen molar-refractivity contribution in [3.05, 3.63) is 101 Å². The molecule has 160 valence electrons. The fourth-order valence-electron chi connectivity index (χ4n) is 4.23. The van der Waals surface area contributed by atoms with Crippen molar-refractivity contribution < 1.29 is 4.79 Å². The molecule has 31 heavy (non-hydrogen) atoms. The molecule has 0 spiro atoms. The molecule has 4 heteroatoms. The summed E-state index contributed by atoms with van der Waals surface area (Å²) in [6, 6.07) is 25.2. The normalized spacial score (nSPS) is 14.5. The van der Waals surface area contributed by atoms with Gasteiger partial charge in [0, 0.05) is 45.0 Å². The summed E-state index contributed by atoms with van der Waals surface area (Å²) in [6.07, 6.45) is 1.04. The molecule has 3 aromatic rings. The van der Waals surface area contributed by atoms with Crippen molar-refractivity contribution in [2.24, 2.45) is 0 Å². The van der Waals surface area contributed by atoms with Gasteiger partial charge >= 0.3 is 0 Å². The number of aryl methyl sites for hydroxylation is 1. The maximum Gasteiger partial charge on any atom is 0.251 e. The Hall–Kier alpha value is -3.11. The second-order valence-corrected chi connectivity index (χ2v) is 8.57. The minimum Gasteiger partial charge on any atom is -0.378 e. The van der Waals surface area contributed by atoms with E-state index in [1.54, 1.807) is 0 Å². The maximum atomic E-state index is 12.8. The number of rotatable bonds is 6. The van der Waals surface area contributed by atoms with Crippen LogP contribution in [0.1, 0.15) is 38.7 Å². The van der Waals surface area contributed by atoms with Crippen LogP contribution in [0.4, 0.5) is 5.69 Å². The Morgan fingerprint density at radius 1 is 0.968 bits per heavy atom. The first-order valence-corrected chi connectivity index (χ1v) is 10.9. The van der Waals surface area contributed by atoms with E-state index in [9.17, 15) is 4.79 Å². The van der Waals surface area contributed by atoms with Gasteiger partial charge in [-0.15, -0.1) is 0 Å². The third-order valence-electron chi connectivity index (χ3n) is 6.16. The molecule has 0 saturated carbocycles. The molecule has 0 bridgehead atoms. The Bertz CT molecular complexity index is 1030. The van der Waals surface area contributed by atoms with E-state index in [1.807, 2.05) is 31.2 Å². The van der Waals surface area contributed by atoms with Gasteiger partial charge in [-0.2, -0.15) is 0 Å². The maximum absolute atomic E-state index is 12.8. The fourth-order valence-corrected chi connectivity index (χ4v) is 4.23. The summed E-state index contributed by atoms with van der Waals surface area (Å²) in [4.78, 5) is 17.4. The number of hydrogen-bond acceptors (Lipinski definition) is 3. The van der Waals surface area contributed by atoms with E-state index in [0.29, 0.717) is 12.1 Å². The van der Waals surface area contributed by atoms with Gasteiger partial charge in [0.05, 0.1) is 6.04 Å². The molecule has 0 fully saturated rings. The lowest BCUT2D eigenvalue weighted by atomic mass is 9.96. The van der Waals surface area contributed by atoms with E-state index in [2.05, 4.69) is 77.7 Å². The van der Waals surface area contributed by atoms with E-state index in [0.717, 1.165) is 25.1 Å². The molecular formula is C27H31N3O. The van der Waals surface area contributed by atoms with E-state index < -0.39 is 0 Å². The molecule has 1 aliphatic heterocycles. The molecular weight excluding hydrogens is 382 g/mol. The van der Waals surface area contributed by atoms with Crippen molar-refractivity contribution in [2.75, 3.05) is 32.1 Å². The number of anilines is 1. The summed E-state index contributed by atoms with van der Waals surface area (Å²) < 4.78 is 0. The summed E-state index contributed by atoms with van der Waals surface area (Å²) in [7, 11) is 4.10. The Balaban J connectivity index is 1.55. The monoisotopic (exact) mass is 413 g/mol. The highest BCUT2D eigenvalue weighted by Crippen LogP contribution is 2.28. The smallest absolute Gasteiger partial charge is 0.251 e. The summed E-state index contributed by atoms with van der Waals surface area (Å²) in [5.74, 6) is -0.0210. The molecule has 1 aliphatic rings. The Morgan fingerprint density at radius 3 is 2.32 bits per heavy atom. The predicted molar refractivity (Wildman–Crippen MR) is 128 cm³/mol. The lowest BCUT2D eigenvalue weighted by Gasteiger charge is -2.36. The average molecular weight is 414 g/mol. The zero-order valence-corrected chi connectivity index (χ0v) is 18.6. The molecule has 0 unspecified atom stereocenters. The number of carbonyl (C=O) groups is 1. The molecule has 4 nitrogen and oxygen atoms in total. The van der Waals surface area contributed by atoms with E-state index >= 15 is 0 Å². The number of nitrogens with one attached hydrogen (secondary N) is 1. The number of amides is 1. The van der Waals surface area contributed by atoms with Crippen LogP contribution in [0.2, 0.25) is 0 Å². The average Bonchev–Trinajstić information content (AvgIpc) is 2.79. The van der Waals surface area contributed by atoms with E-state index in [1.165, 1.54) is 22.4 Å². The van der Waals surface area contributed by atoms with Gasteiger partial charge in [-0.1, -0.05) is 54.1 Å². The summed E-state index contributed by atoms with van der Waals surface area (Å²) in [6.45, 7) is 4.49. The second-order valence-electron chi connectivity index (χ2n) is 8.57.